The fraction of sp³-hybridized carbons (Fsp3) is 0.727. The Labute approximate surface area is 106 Å². The lowest BCUT2D eigenvalue weighted by Crippen LogP contribution is -2.57. The van der Waals surface area contributed by atoms with E-state index >= 15 is 0 Å². The third kappa shape index (κ3) is 2.64. The van der Waals surface area contributed by atoms with Gasteiger partial charge in [0.15, 0.2) is 11.4 Å². The Bertz CT molecular complexity index is 363. The summed E-state index contributed by atoms with van der Waals surface area (Å²) in [4.78, 5) is 16.6. The molecule has 0 aliphatic carbocycles. The zero-order valence-corrected chi connectivity index (χ0v) is 11.0. The molecular formula is C11H20N2O5. The van der Waals surface area contributed by atoms with Crippen LogP contribution in [-0.2, 0) is 14.4 Å². The molecule has 1 aliphatic heterocycles. The van der Waals surface area contributed by atoms with Crippen LogP contribution in [0.15, 0.2) is 11.8 Å². The van der Waals surface area contributed by atoms with Crippen molar-refractivity contribution in [1.82, 2.24) is 5.23 Å². The van der Waals surface area contributed by atoms with Crippen molar-refractivity contribution in [1.29, 1.82) is 0 Å². The van der Waals surface area contributed by atoms with Crippen molar-refractivity contribution < 1.29 is 24.7 Å². The predicted octanol–water partition coefficient (Wildman–Crippen LogP) is 0.132. The van der Waals surface area contributed by atoms with Crippen LogP contribution in [0.3, 0.4) is 0 Å². The zero-order chi connectivity index (χ0) is 14.1. The summed E-state index contributed by atoms with van der Waals surface area (Å²) in [5.74, 6) is -1.35. The summed E-state index contributed by atoms with van der Waals surface area (Å²) in [5.41, 5.74) is 3.05. The summed E-state index contributed by atoms with van der Waals surface area (Å²) in [5, 5.41) is 19.8. The number of hydrogen-bond acceptors (Lipinski definition) is 7. The normalized spacial score (nSPS) is 26.5. The molecule has 0 aromatic heterocycles. The van der Waals surface area contributed by atoms with E-state index in [9.17, 15) is 15.1 Å². The molecule has 0 saturated carbocycles. The first-order valence-corrected chi connectivity index (χ1v) is 5.71. The second-order valence-corrected chi connectivity index (χ2v) is 4.79. The van der Waals surface area contributed by atoms with Crippen LogP contribution in [0.1, 0.15) is 27.7 Å². The van der Waals surface area contributed by atoms with Gasteiger partial charge in [0.25, 0.3) is 0 Å². The minimum Gasteiger partial charge on any atom is -0.466 e. The highest BCUT2D eigenvalue weighted by molar-refractivity contribution is 5.74. The van der Waals surface area contributed by atoms with Gasteiger partial charge in [-0.25, -0.2) is 0 Å². The number of nitrogens with zero attached hydrogens (tertiary/aromatic N) is 1. The van der Waals surface area contributed by atoms with Gasteiger partial charge < -0.3 is 20.4 Å². The highest BCUT2D eigenvalue weighted by atomic mass is 16.9. The number of nitrogens with two attached hydrogens (primary N) is 1. The van der Waals surface area contributed by atoms with Gasteiger partial charge in [-0.15, -0.1) is 0 Å². The van der Waals surface area contributed by atoms with Gasteiger partial charge in [0, 0.05) is 11.3 Å². The zero-order valence-electron chi connectivity index (χ0n) is 11.0. The molecule has 1 aliphatic rings. The minimum absolute atomic E-state index is 0.0728. The highest BCUT2D eigenvalue weighted by Gasteiger charge is 2.49. The molecule has 1 rings (SSSR count). The lowest BCUT2D eigenvalue weighted by Gasteiger charge is -2.30. The maximum atomic E-state index is 11.6. The molecule has 2 unspecified atom stereocenters. The topological polar surface area (TPSA) is 105 Å². The maximum Gasteiger partial charge on any atom is 0.312 e. The van der Waals surface area contributed by atoms with Crippen LogP contribution in [0, 0.1) is 5.92 Å². The van der Waals surface area contributed by atoms with E-state index in [4.69, 9.17) is 15.3 Å². The second kappa shape index (κ2) is 4.85. The van der Waals surface area contributed by atoms with Crippen LogP contribution in [-0.4, -0.2) is 39.4 Å². The Morgan fingerprint density at radius 2 is 2.28 bits per heavy atom. The number of aliphatic hydroxyl groups is 1. The van der Waals surface area contributed by atoms with Crippen molar-refractivity contribution in [2.24, 2.45) is 11.7 Å². The lowest BCUT2D eigenvalue weighted by atomic mass is 9.93. The SMILES string of the molecule is CCOC(=O)C(C)C1(N)C=C(C(C)(C)O)ON1O. The monoisotopic (exact) mass is 260 g/mol. The van der Waals surface area contributed by atoms with E-state index in [0.29, 0.717) is 5.23 Å². The number of esters is 1. The van der Waals surface area contributed by atoms with E-state index in [2.05, 4.69) is 0 Å². The molecule has 0 saturated heterocycles. The molecule has 0 spiro atoms. The Balaban J connectivity index is 2.98. The maximum absolute atomic E-state index is 11.6. The Kier molecular flexibility index (Phi) is 4.02. The summed E-state index contributed by atoms with van der Waals surface area (Å²) < 4.78 is 4.85. The average Bonchev–Trinajstić information content (AvgIpc) is 2.55. The van der Waals surface area contributed by atoms with Gasteiger partial charge >= 0.3 is 5.97 Å². The Morgan fingerprint density at radius 1 is 1.72 bits per heavy atom. The molecule has 4 N–H and O–H groups in total. The largest absolute Gasteiger partial charge is 0.466 e. The number of hydroxylamine groups is 2. The first-order valence-electron chi connectivity index (χ1n) is 5.71. The van der Waals surface area contributed by atoms with Crippen LogP contribution >= 0.6 is 0 Å². The Hall–Kier alpha value is -1.15. The first kappa shape index (κ1) is 14.9. The summed E-state index contributed by atoms with van der Waals surface area (Å²) in [6.07, 6.45) is 1.31. The molecule has 0 radical (unpaired) electrons. The average molecular weight is 260 g/mol. The molecule has 18 heavy (non-hydrogen) atoms. The first-order chi connectivity index (χ1) is 8.13. The molecular weight excluding hydrogens is 240 g/mol. The van der Waals surface area contributed by atoms with E-state index < -0.39 is 23.2 Å². The van der Waals surface area contributed by atoms with Gasteiger partial charge in [0.2, 0.25) is 0 Å². The molecule has 0 aromatic carbocycles. The van der Waals surface area contributed by atoms with Crippen molar-refractivity contribution in [3.8, 4) is 0 Å². The molecule has 104 valence electrons. The van der Waals surface area contributed by atoms with E-state index in [1.54, 1.807) is 6.92 Å². The van der Waals surface area contributed by atoms with Gasteiger partial charge in [0.05, 0.1) is 12.5 Å². The molecule has 0 fully saturated rings. The number of ether oxygens (including phenoxy) is 1. The molecule has 0 aromatic rings. The quantitative estimate of drug-likeness (QED) is 0.617. The fourth-order valence-electron chi connectivity index (χ4n) is 1.50. The van der Waals surface area contributed by atoms with Crippen molar-refractivity contribution >= 4 is 5.97 Å². The van der Waals surface area contributed by atoms with Crippen LogP contribution < -0.4 is 5.73 Å². The van der Waals surface area contributed by atoms with Crippen LogP contribution in [0.2, 0.25) is 0 Å². The third-order valence-electron chi connectivity index (χ3n) is 2.82. The molecule has 7 heteroatoms. The number of rotatable bonds is 4. The van der Waals surface area contributed by atoms with Crippen molar-refractivity contribution in [2.75, 3.05) is 6.61 Å². The molecule has 1 heterocycles. The van der Waals surface area contributed by atoms with Crippen LogP contribution in [0.4, 0.5) is 0 Å². The summed E-state index contributed by atoms with van der Waals surface area (Å²) in [7, 11) is 0. The van der Waals surface area contributed by atoms with Crippen molar-refractivity contribution in [2.45, 2.75) is 39.0 Å². The standard InChI is InChI=1S/C11H20N2O5/c1-5-17-9(14)7(2)11(12)6-8(10(3,4)15)18-13(11)16/h6-7,15-16H,5,12H2,1-4H3. The lowest BCUT2D eigenvalue weighted by molar-refractivity contribution is -0.357. The highest BCUT2D eigenvalue weighted by Crippen LogP contribution is 2.34. The van der Waals surface area contributed by atoms with Gasteiger partial charge in [-0.2, -0.15) is 0 Å². The van der Waals surface area contributed by atoms with Crippen molar-refractivity contribution in [3.63, 3.8) is 0 Å². The van der Waals surface area contributed by atoms with Crippen molar-refractivity contribution in [3.05, 3.63) is 11.8 Å². The van der Waals surface area contributed by atoms with E-state index in [1.807, 2.05) is 0 Å². The van der Waals surface area contributed by atoms with E-state index in [-0.39, 0.29) is 12.4 Å². The molecule has 0 amide bonds. The predicted molar refractivity (Wildman–Crippen MR) is 61.8 cm³/mol. The van der Waals surface area contributed by atoms with Crippen LogP contribution in [0.25, 0.3) is 0 Å². The number of carbonyl (C=O) groups excluding carboxylic acids is 1. The Morgan fingerprint density at radius 3 is 2.67 bits per heavy atom. The summed E-state index contributed by atoms with van der Waals surface area (Å²) in [6.45, 7) is 6.36. The van der Waals surface area contributed by atoms with Gasteiger partial charge in [-0.05, 0) is 27.7 Å². The minimum atomic E-state index is -1.57. The molecule has 0 bridgehead atoms. The van der Waals surface area contributed by atoms with Gasteiger partial charge in [-0.1, -0.05) is 0 Å². The van der Waals surface area contributed by atoms with Gasteiger partial charge in [-0.3, -0.25) is 10.0 Å². The number of carbonyl (C=O) groups is 1. The third-order valence-corrected chi connectivity index (χ3v) is 2.82. The molecule has 7 nitrogen and oxygen atoms in total. The fourth-order valence-corrected chi connectivity index (χ4v) is 1.50. The molecule has 2 atom stereocenters. The van der Waals surface area contributed by atoms with E-state index in [1.165, 1.54) is 26.8 Å². The van der Waals surface area contributed by atoms with E-state index in [0.717, 1.165) is 0 Å². The van der Waals surface area contributed by atoms with Crippen LogP contribution in [0.5, 0.6) is 0 Å². The summed E-state index contributed by atoms with van der Waals surface area (Å²) >= 11 is 0. The number of hydrogen-bond donors (Lipinski definition) is 3. The summed E-state index contributed by atoms with van der Waals surface area (Å²) in [6, 6.07) is 0. The second-order valence-electron chi connectivity index (χ2n) is 4.79. The van der Waals surface area contributed by atoms with Gasteiger partial charge in [0.1, 0.15) is 5.60 Å². The smallest absolute Gasteiger partial charge is 0.312 e.